The highest BCUT2D eigenvalue weighted by Crippen LogP contribution is 2.24. The molecule has 1 rings (SSSR count). The molecule has 0 amide bonds. The second kappa shape index (κ2) is 6.36. The highest BCUT2D eigenvalue weighted by atomic mass is 16.5. The van der Waals surface area contributed by atoms with Gasteiger partial charge in [-0.1, -0.05) is 30.7 Å². The van der Waals surface area contributed by atoms with E-state index in [1.807, 2.05) is 32.9 Å². The van der Waals surface area contributed by atoms with Gasteiger partial charge >= 0.3 is 5.97 Å². The first kappa shape index (κ1) is 14.5. The minimum Gasteiger partial charge on any atom is -0.466 e. The van der Waals surface area contributed by atoms with Gasteiger partial charge in [-0.3, -0.25) is 0 Å². The highest BCUT2D eigenvalue weighted by molar-refractivity contribution is 5.81. The smallest absolute Gasteiger partial charge is 0.330 e. The number of esters is 1. The van der Waals surface area contributed by atoms with Crippen molar-refractivity contribution < 1.29 is 14.6 Å². The van der Waals surface area contributed by atoms with E-state index in [9.17, 15) is 9.90 Å². The van der Waals surface area contributed by atoms with Gasteiger partial charge in [-0.15, -0.1) is 0 Å². The predicted octanol–water partition coefficient (Wildman–Crippen LogP) is 2.50. The number of ether oxygens (including phenoxy) is 1. The van der Waals surface area contributed by atoms with Crippen molar-refractivity contribution in [3.05, 3.63) is 47.0 Å². The van der Waals surface area contributed by atoms with E-state index < -0.39 is 12.1 Å². The molecule has 1 N–H and O–H groups in total. The van der Waals surface area contributed by atoms with E-state index in [2.05, 4.69) is 10.8 Å². The molecule has 0 aliphatic rings. The van der Waals surface area contributed by atoms with Crippen molar-refractivity contribution in [2.24, 2.45) is 0 Å². The van der Waals surface area contributed by atoms with E-state index in [-0.39, 0.29) is 5.92 Å². The molecular formula is C15H20O3. The molecular weight excluding hydrogens is 228 g/mol. The largest absolute Gasteiger partial charge is 0.466 e. The Bertz CT molecular complexity index is 449. The van der Waals surface area contributed by atoms with Crippen LogP contribution in [0.3, 0.4) is 0 Å². The van der Waals surface area contributed by atoms with Gasteiger partial charge in [0, 0.05) is 12.0 Å². The molecule has 0 aliphatic carbocycles. The molecule has 3 nitrogen and oxygen atoms in total. The summed E-state index contributed by atoms with van der Waals surface area (Å²) in [5.41, 5.74) is 3.43. The van der Waals surface area contributed by atoms with Gasteiger partial charge in [-0.05, 0) is 31.1 Å². The molecule has 0 aliphatic heterocycles. The first-order valence-electron chi connectivity index (χ1n) is 5.97. The Labute approximate surface area is 108 Å². The van der Waals surface area contributed by atoms with E-state index in [1.54, 1.807) is 0 Å². The van der Waals surface area contributed by atoms with Crippen molar-refractivity contribution in [1.82, 2.24) is 0 Å². The number of aliphatic hydroxyl groups excluding tert-OH is 1. The van der Waals surface area contributed by atoms with E-state index in [4.69, 9.17) is 0 Å². The summed E-state index contributed by atoms with van der Waals surface area (Å²) >= 11 is 0. The number of carbonyl (C=O) groups excluding carboxylic acids is 1. The first-order valence-corrected chi connectivity index (χ1v) is 5.97. The lowest BCUT2D eigenvalue weighted by molar-refractivity contribution is -0.134. The minimum atomic E-state index is -0.703. The van der Waals surface area contributed by atoms with Crippen molar-refractivity contribution in [2.75, 3.05) is 7.11 Å². The minimum absolute atomic E-state index is 0.0634. The monoisotopic (exact) mass is 248 g/mol. The number of rotatable bonds is 4. The maximum Gasteiger partial charge on any atom is 0.330 e. The number of benzene rings is 1. The van der Waals surface area contributed by atoms with Crippen LogP contribution in [0.2, 0.25) is 0 Å². The second-order valence-corrected chi connectivity index (χ2v) is 4.52. The van der Waals surface area contributed by atoms with E-state index in [1.165, 1.54) is 24.8 Å². The number of hydrogen-bond donors (Lipinski definition) is 1. The van der Waals surface area contributed by atoms with Crippen LogP contribution in [-0.2, 0) is 9.53 Å². The maximum atomic E-state index is 11.0. The Morgan fingerprint density at radius 3 is 2.61 bits per heavy atom. The van der Waals surface area contributed by atoms with Crippen LogP contribution in [0.25, 0.3) is 0 Å². The van der Waals surface area contributed by atoms with Gasteiger partial charge < -0.3 is 9.84 Å². The standard InChI is InChI=1S/C15H20O3/c1-10-5-6-13(11(2)9-10)12(3)14(16)7-8-15(17)18-4/h5-9,12,14,16H,1-4H3/b8-7+/t12-,14-/m0/s1. The fourth-order valence-electron chi connectivity index (χ4n) is 1.93. The predicted molar refractivity (Wildman–Crippen MR) is 71.5 cm³/mol. The maximum absolute atomic E-state index is 11.0. The normalized spacial score (nSPS) is 14.5. The number of hydrogen-bond acceptors (Lipinski definition) is 3. The molecule has 0 saturated carbocycles. The van der Waals surface area contributed by atoms with Gasteiger partial charge in [0.05, 0.1) is 13.2 Å². The van der Waals surface area contributed by atoms with Crippen LogP contribution >= 0.6 is 0 Å². The molecule has 0 fully saturated rings. The summed E-state index contributed by atoms with van der Waals surface area (Å²) in [6.07, 6.45) is 2.02. The third kappa shape index (κ3) is 3.70. The van der Waals surface area contributed by atoms with Crippen molar-refractivity contribution in [1.29, 1.82) is 0 Å². The Hall–Kier alpha value is -1.61. The molecule has 0 saturated heterocycles. The van der Waals surface area contributed by atoms with Crippen LogP contribution in [0.4, 0.5) is 0 Å². The Kier molecular flexibility index (Phi) is 5.10. The molecule has 0 spiro atoms. The molecule has 0 aromatic heterocycles. The molecule has 18 heavy (non-hydrogen) atoms. The first-order chi connectivity index (χ1) is 8.45. The number of aliphatic hydroxyl groups is 1. The fourth-order valence-corrected chi connectivity index (χ4v) is 1.93. The van der Waals surface area contributed by atoms with Crippen LogP contribution in [-0.4, -0.2) is 24.3 Å². The molecule has 0 bridgehead atoms. The number of methoxy groups -OCH3 is 1. The molecule has 1 aromatic carbocycles. The summed E-state index contributed by atoms with van der Waals surface area (Å²) < 4.78 is 4.49. The third-order valence-corrected chi connectivity index (χ3v) is 3.06. The summed E-state index contributed by atoms with van der Waals surface area (Å²) in [5.74, 6) is -0.520. The SMILES string of the molecule is COC(=O)/C=C/[C@H](O)[C@@H](C)c1ccc(C)cc1C. The lowest BCUT2D eigenvalue weighted by Gasteiger charge is -2.18. The summed E-state index contributed by atoms with van der Waals surface area (Å²) in [7, 11) is 1.31. The van der Waals surface area contributed by atoms with Crippen LogP contribution in [0.15, 0.2) is 30.4 Å². The van der Waals surface area contributed by atoms with Crippen LogP contribution in [0.1, 0.15) is 29.5 Å². The lowest BCUT2D eigenvalue weighted by Crippen LogP contribution is -2.14. The number of carbonyl (C=O) groups is 1. The van der Waals surface area contributed by atoms with Gasteiger partial charge in [-0.25, -0.2) is 4.79 Å². The fraction of sp³-hybridized carbons (Fsp3) is 0.400. The quantitative estimate of drug-likeness (QED) is 0.658. The third-order valence-electron chi connectivity index (χ3n) is 3.06. The molecule has 0 heterocycles. The van der Waals surface area contributed by atoms with Gasteiger partial charge in [0.2, 0.25) is 0 Å². The van der Waals surface area contributed by atoms with Crippen molar-refractivity contribution in [3.63, 3.8) is 0 Å². The van der Waals surface area contributed by atoms with Crippen LogP contribution in [0.5, 0.6) is 0 Å². The van der Waals surface area contributed by atoms with Crippen molar-refractivity contribution in [2.45, 2.75) is 32.8 Å². The molecule has 1 aromatic rings. The molecule has 3 heteroatoms. The Balaban J connectivity index is 2.83. The molecule has 2 atom stereocenters. The van der Waals surface area contributed by atoms with E-state index in [0.717, 1.165) is 11.1 Å². The zero-order chi connectivity index (χ0) is 13.7. The zero-order valence-corrected chi connectivity index (χ0v) is 11.3. The van der Waals surface area contributed by atoms with Gasteiger partial charge in [-0.2, -0.15) is 0 Å². The Morgan fingerprint density at radius 2 is 2.06 bits per heavy atom. The van der Waals surface area contributed by atoms with Crippen LogP contribution < -0.4 is 0 Å². The van der Waals surface area contributed by atoms with Crippen molar-refractivity contribution in [3.8, 4) is 0 Å². The van der Waals surface area contributed by atoms with Gasteiger partial charge in [0.25, 0.3) is 0 Å². The van der Waals surface area contributed by atoms with Crippen molar-refractivity contribution >= 4 is 5.97 Å². The molecule has 0 radical (unpaired) electrons. The molecule has 0 unspecified atom stereocenters. The average Bonchev–Trinajstić information content (AvgIpc) is 2.34. The van der Waals surface area contributed by atoms with Gasteiger partial charge in [0.15, 0.2) is 0 Å². The summed E-state index contributed by atoms with van der Waals surface area (Å²) in [6.45, 7) is 5.99. The molecule has 98 valence electrons. The summed E-state index contributed by atoms with van der Waals surface area (Å²) in [6, 6.07) is 6.13. The van der Waals surface area contributed by atoms with E-state index in [0.29, 0.717) is 0 Å². The summed E-state index contributed by atoms with van der Waals surface area (Å²) in [5, 5.41) is 10.0. The highest BCUT2D eigenvalue weighted by Gasteiger charge is 2.15. The van der Waals surface area contributed by atoms with Crippen LogP contribution in [0, 0.1) is 13.8 Å². The summed E-state index contributed by atoms with van der Waals surface area (Å²) in [4.78, 5) is 11.0. The van der Waals surface area contributed by atoms with E-state index >= 15 is 0 Å². The average molecular weight is 248 g/mol. The Morgan fingerprint density at radius 1 is 1.39 bits per heavy atom. The lowest BCUT2D eigenvalue weighted by atomic mass is 9.90. The second-order valence-electron chi connectivity index (χ2n) is 4.52. The topological polar surface area (TPSA) is 46.5 Å². The number of aryl methyl sites for hydroxylation is 2. The zero-order valence-electron chi connectivity index (χ0n) is 11.3. The van der Waals surface area contributed by atoms with Gasteiger partial charge in [0.1, 0.15) is 0 Å².